The van der Waals surface area contributed by atoms with Gasteiger partial charge in [0.1, 0.15) is 18.2 Å². The van der Waals surface area contributed by atoms with Crippen molar-refractivity contribution in [2.24, 2.45) is 0 Å². The number of aryl methyl sites for hydroxylation is 1. The van der Waals surface area contributed by atoms with E-state index in [-0.39, 0.29) is 12.2 Å². The quantitative estimate of drug-likeness (QED) is 0.323. The normalized spacial score (nSPS) is 18.9. The number of hydrogen-bond donors (Lipinski definition) is 1. The zero-order chi connectivity index (χ0) is 29.9. The van der Waals surface area contributed by atoms with E-state index < -0.39 is 17.7 Å². The molecule has 1 N–H and O–H groups in total. The Kier molecular flexibility index (Phi) is 8.75. The molecule has 0 unspecified atom stereocenters. The summed E-state index contributed by atoms with van der Waals surface area (Å²) in [5.74, 6) is 1.84. The summed E-state index contributed by atoms with van der Waals surface area (Å²) >= 11 is 0. The molecule has 1 aromatic carbocycles. The highest BCUT2D eigenvalue weighted by Gasteiger charge is 2.38. The number of piperidine rings is 1. The topological polar surface area (TPSA) is 99.5 Å². The van der Waals surface area contributed by atoms with Crippen LogP contribution in [0.1, 0.15) is 70.4 Å². The number of hydrogen-bond acceptors (Lipinski definition) is 9. The van der Waals surface area contributed by atoms with Gasteiger partial charge in [-0.15, -0.1) is 5.10 Å². The number of carbonyl (C=O) groups excluding carboxylic acids is 1. The number of benzene rings is 1. The Morgan fingerprint density at radius 3 is 2.64 bits per heavy atom. The van der Waals surface area contributed by atoms with Gasteiger partial charge in [0, 0.05) is 37.0 Å². The minimum atomic E-state index is -0.964. The molecule has 1 fully saturated rings. The van der Waals surface area contributed by atoms with E-state index in [1.165, 1.54) is 0 Å². The second kappa shape index (κ2) is 12.3. The summed E-state index contributed by atoms with van der Waals surface area (Å²) in [6.45, 7) is 14.9. The molecule has 0 spiro atoms. The van der Waals surface area contributed by atoms with E-state index >= 15 is 0 Å². The van der Waals surface area contributed by atoms with Crippen molar-refractivity contribution in [3.63, 3.8) is 0 Å². The maximum Gasteiger partial charge on any atom is 0.340 e. The first kappa shape index (κ1) is 29.8. The SMILES string of the molecule is CCOC(=O)[C@@H](OC(C)(C)C)c1c(C)nc2cc3nn2c1N1CCC(C)(CC1)OC/C=C/COc1ccccc1CN3. The summed E-state index contributed by atoms with van der Waals surface area (Å²) in [5, 5.41) is 8.41. The maximum atomic E-state index is 13.4. The highest BCUT2D eigenvalue weighted by molar-refractivity contribution is 5.80. The van der Waals surface area contributed by atoms with Gasteiger partial charge < -0.3 is 29.2 Å². The van der Waals surface area contributed by atoms with Crippen LogP contribution in [0.3, 0.4) is 0 Å². The van der Waals surface area contributed by atoms with Crippen molar-refractivity contribution in [1.82, 2.24) is 14.6 Å². The predicted octanol–water partition coefficient (Wildman–Crippen LogP) is 5.39. The smallest absolute Gasteiger partial charge is 0.340 e. The Labute approximate surface area is 248 Å². The lowest BCUT2D eigenvalue weighted by Gasteiger charge is -2.41. The van der Waals surface area contributed by atoms with Crippen molar-refractivity contribution >= 4 is 23.3 Å². The van der Waals surface area contributed by atoms with E-state index in [0.29, 0.717) is 42.5 Å². The molecule has 42 heavy (non-hydrogen) atoms. The van der Waals surface area contributed by atoms with Gasteiger partial charge in [0.05, 0.1) is 30.0 Å². The van der Waals surface area contributed by atoms with Crippen molar-refractivity contribution in [3.05, 3.63) is 59.3 Å². The third-order valence-electron chi connectivity index (χ3n) is 7.62. The van der Waals surface area contributed by atoms with Crippen LogP contribution in [0.2, 0.25) is 0 Å². The lowest BCUT2D eigenvalue weighted by atomic mass is 9.92. The molecule has 6 rings (SSSR count). The molecule has 226 valence electrons. The van der Waals surface area contributed by atoms with Crippen LogP contribution >= 0.6 is 0 Å². The van der Waals surface area contributed by atoms with Gasteiger partial charge in [-0.3, -0.25) is 0 Å². The first-order valence-electron chi connectivity index (χ1n) is 14.8. The fourth-order valence-electron chi connectivity index (χ4n) is 5.44. The molecule has 5 heterocycles. The molecule has 4 bridgehead atoms. The average molecular weight is 578 g/mol. The first-order valence-corrected chi connectivity index (χ1v) is 14.8. The van der Waals surface area contributed by atoms with Gasteiger partial charge in [0.25, 0.3) is 0 Å². The number of anilines is 2. The molecule has 1 atom stereocenters. The third kappa shape index (κ3) is 6.71. The van der Waals surface area contributed by atoms with E-state index in [4.69, 9.17) is 29.0 Å². The first-order chi connectivity index (χ1) is 20.1. The molecule has 10 nitrogen and oxygen atoms in total. The van der Waals surface area contributed by atoms with Gasteiger partial charge in [0.15, 0.2) is 17.6 Å². The van der Waals surface area contributed by atoms with Crippen molar-refractivity contribution < 1.29 is 23.7 Å². The van der Waals surface area contributed by atoms with Crippen LogP contribution in [0.4, 0.5) is 11.6 Å². The molecule has 10 heteroatoms. The Morgan fingerprint density at radius 1 is 1.17 bits per heavy atom. The number of esters is 1. The minimum Gasteiger partial charge on any atom is -0.489 e. The summed E-state index contributed by atoms with van der Waals surface area (Å²) in [6.07, 6.45) is 4.68. The number of aromatic nitrogens is 3. The molecule has 0 amide bonds. The monoisotopic (exact) mass is 577 g/mol. The predicted molar refractivity (Wildman–Crippen MR) is 162 cm³/mol. The Morgan fingerprint density at radius 2 is 1.90 bits per heavy atom. The number of ether oxygens (including phenoxy) is 4. The zero-order valence-corrected chi connectivity index (χ0v) is 25.6. The van der Waals surface area contributed by atoms with Gasteiger partial charge in [-0.2, -0.15) is 4.52 Å². The number of carbonyl (C=O) groups is 1. The number of rotatable bonds is 4. The molecule has 1 saturated heterocycles. The van der Waals surface area contributed by atoms with Crippen LogP contribution in [-0.4, -0.2) is 64.7 Å². The molecule has 3 aromatic rings. The standard InChI is InChI=1S/C32H43N5O5/c1-7-39-30(38)28(42-31(3,4)5)27-22(2)34-26-20-25-33-21-23-12-8-9-13-24(23)40-18-10-11-19-41-32(6)14-16-36(17-15-32)29(27)37(26)35-25/h8-13,20,28H,7,14-19,21H2,1-6H3,(H,33,35)/b11-10+/t28-/m0/s1. The average Bonchev–Trinajstić information content (AvgIpc) is 3.34. The summed E-state index contributed by atoms with van der Waals surface area (Å²) in [4.78, 5) is 20.6. The van der Waals surface area contributed by atoms with Crippen LogP contribution in [0, 0.1) is 6.92 Å². The fraction of sp³-hybridized carbons (Fsp3) is 0.531. The van der Waals surface area contributed by atoms with E-state index in [1.54, 1.807) is 6.92 Å². The summed E-state index contributed by atoms with van der Waals surface area (Å²) in [7, 11) is 0. The molecular weight excluding hydrogens is 534 g/mol. The highest BCUT2D eigenvalue weighted by atomic mass is 16.6. The van der Waals surface area contributed by atoms with E-state index in [2.05, 4.69) is 17.1 Å². The van der Waals surface area contributed by atoms with Crippen molar-refractivity contribution in [3.8, 4) is 5.75 Å². The summed E-state index contributed by atoms with van der Waals surface area (Å²) < 4.78 is 26.2. The minimum absolute atomic E-state index is 0.252. The third-order valence-corrected chi connectivity index (χ3v) is 7.62. The maximum absolute atomic E-state index is 13.4. The van der Waals surface area contributed by atoms with Crippen LogP contribution < -0.4 is 15.0 Å². The van der Waals surface area contributed by atoms with Crippen LogP contribution in [0.5, 0.6) is 5.75 Å². The van der Waals surface area contributed by atoms with Gasteiger partial charge in [-0.1, -0.05) is 24.3 Å². The number of para-hydroxylation sites is 1. The van der Waals surface area contributed by atoms with Gasteiger partial charge in [0.2, 0.25) is 0 Å². The van der Waals surface area contributed by atoms with Crippen LogP contribution in [0.15, 0.2) is 42.5 Å². The summed E-state index contributed by atoms with van der Waals surface area (Å²) in [6, 6.07) is 9.90. The van der Waals surface area contributed by atoms with Crippen molar-refractivity contribution in [1.29, 1.82) is 0 Å². The molecule has 3 aliphatic heterocycles. The van der Waals surface area contributed by atoms with Crippen LogP contribution in [0.25, 0.3) is 5.65 Å². The van der Waals surface area contributed by atoms with E-state index in [0.717, 1.165) is 43.1 Å². The van der Waals surface area contributed by atoms with Gasteiger partial charge in [-0.25, -0.2) is 9.78 Å². The van der Waals surface area contributed by atoms with E-state index in [1.807, 2.05) is 74.7 Å². The van der Waals surface area contributed by atoms with Crippen molar-refractivity contribution in [2.75, 3.05) is 43.1 Å². The number of nitrogens with one attached hydrogen (secondary N) is 1. The lowest BCUT2D eigenvalue weighted by Crippen LogP contribution is -2.45. The molecule has 0 aliphatic carbocycles. The Bertz CT molecular complexity index is 1440. The molecule has 3 aliphatic rings. The molecule has 0 saturated carbocycles. The number of fused-ring (bicyclic) bond motifs is 7. The van der Waals surface area contributed by atoms with Crippen LogP contribution in [-0.2, 0) is 25.5 Å². The van der Waals surface area contributed by atoms with Gasteiger partial charge in [-0.05, 0) is 66.5 Å². The molecule has 0 radical (unpaired) electrons. The number of nitrogens with zero attached hydrogens (tertiary/aromatic N) is 4. The summed E-state index contributed by atoms with van der Waals surface area (Å²) in [5.41, 5.74) is 2.19. The van der Waals surface area contributed by atoms with Crippen molar-refractivity contribution in [2.45, 2.75) is 78.2 Å². The molecular formula is C32H43N5O5. The van der Waals surface area contributed by atoms with E-state index in [9.17, 15) is 4.79 Å². The Hall–Kier alpha value is -3.63. The second-order valence-electron chi connectivity index (χ2n) is 12.1. The molecule has 2 aromatic heterocycles. The largest absolute Gasteiger partial charge is 0.489 e. The second-order valence-corrected chi connectivity index (χ2v) is 12.1. The Balaban J connectivity index is 1.63. The highest BCUT2D eigenvalue weighted by Crippen LogP contribution is 2.38. The fourth-order valence-corrected chi connectivity index (χ4v) is 5.44. The zero-order valence-electron chi connectivity index (χ0n) is 25.6. The lowest BCUT2D eigenvalue weighted by molar-refractivity contribution is -0.166. The van der Waals surface area contributed by atoms with Gasteiger partial charge >= 0.3 is 5.97 Å².